The number of halogens is 1. The van der Waals surface area contributed by atoms with Crippen molar-refractivity contribution in [3.05, 3.63) is 87.9 Å². The molecule has 3 aromatic carbocycles. The quantitative estimate of drug-likeness (QED) is 0.218. The number of carbonyl (C=O) groups is 2. The van der Waals surface area contributed by atoms with Crippen molar-refractivity contribution in [3.8, 4) is 17.2 Å². The van der Waals surface area contributed by atoms with Gasteiger partial charge in [0.05, 0.1) is 30.4 Å². The lowest BCUT2D eigenvalue weighted by Crippen LogP contribution is -2.29. The Kier molecular flexibility index (Phi) is 7.45. The second-order valence-electron chi connectivity index (χ2n) is 8.92. The van der Waals surface area contributed by atoms with Crippen LogP contribution in [0.3, 0.4) is 0 Å². The van der Waals surface area contributed by atoms with Crippen molar-refractivity contribution >= 4 is 34.7 Å². The normalized spacial score (nSPS) is 16.9. The van der Waals surface area contributed by atoms with Gasteiger partial charge in [0.2, 0.25) is 0 Å². The van der Waals surface area contributed by atoms with Gasteiger partial charge in [-0.3, -0.25) is 14.5 Å². The fraction of sp³-hybridized carbons (Fsp3) is 0.241. The number of rotatable bonds is 7. The molecule has 37 heavy (non-hydrogen) atoms. The van der Waals surface area contributed by atoms with Crippen molar-refractivity contribution < 1.29 is 29.3 Å². The molecular weight excluding hydrogens is 494 g/mol. The van der Waals surface area contributed by atoms with E-state index in [0.717, 1.165) is 5.56 Å². The third-order valence-corrected chi connectivity index (χ3v) is 6.59. The lowest BCUT2D eigenvalue weighted by Gasteiger charge is -2.26. The van der Waals surface area contributed by atoms with E-state index >= 15 is 0 Å². The molecule has 0 spiro atoms. The topological polar surface area (TPSA) is 96.3 Å². The van der Waals surface area contributed by atoms with Crippen LogP contribution in [0.4, 0.5) is 5.69 Å². The molecule has 1 unspecified atom stereocenters. The smallest absolute Gasteiger partial charge is 0.300 e. The van der Waals surface area contributed by atoms with Crippen LogP contribution in [-0.2, 0) is 9.59 Å². The Balaban J connectivity index is 1.93. The Morgan fingerprint density at radius 2 is 1.76 bits per heavy atom. The van der Waals surface area contributed by atoms with E-state index in [0.29, 0.717) is 34.9 Å². The maximum Gasteiger partial charge on any atom is 0.300 e. The minimum Gasteiger partial charge on any atom is -0.507 e. The Bertz CT molecular complexity index is 1380. The van der Waals surface area contributed by atoms with Gasteiger partial charge in [0.1, 0.15) is 23.0 Å². The van der Waals surface area contributed by atoms with E-state index < -0.39 is 17.7 Å². The van der Waals surface area contributed by atoms with Gasteiger partial charge in [-0.25, -0.2) is 0 Å². The van der Waals surface area contributed by atoms with Crippen molar-refractivity contribution in [1.29, 1.82) is 0 Å². The Hall–Kier alpha value is -3.97. The molecule has 1 amide bonds. The van der Waals surface area contributed by atoms with Crippen LogP contribution in [0.5, 0.6) is 17.2 Å². The van der Waals surface area contributed by atoms with E-state index in [4.69, 9.17) is 21.1 Å². The Morgan fingerprint density at radius 1 is 1.05 bits per heavy atom. The highest BCUT2D eigenvalue weighted by molar-refractivity contribution is 6.51. The first-order valence-corrected chi connectivity index (χ1v) is 12.3. The summed E-state index contributed by atoms with van der Waals surface area (Å²) in [5, 5.41) is 21.5. The largest absolute Gasteiger partial charge is 0.507 e. The molecule has 1 aliphatic rings. The number of phenolic OH excluding ortho intramolecular Hbond substituents is 1. The Morgan fingerprint density at radius 3 is 2.35 bits per heavy atom. The van der Waals surface area contributed by atoms with Crippen LogP contribution >= 0.6 is 11.6 Å². The van der Waals surface area contributed by atoms with E-state index in [1.54, 1.807) is 48.5 Å². The molecule has 0 radical (unpaired) electrons. The maximum absolute atomic E-state index is 13.4. The monoisotopic (exact) mass is 521 g/mol. The number of benzene rings is 3. The SMILES string of the molecule is CCOc1ccc(/C(O)=C2/C(=O)C(=O)N(c3ccc(OC)cc3)C2c2ccc(O)c(Cl)c2)cc1C(C)C. The van der Waals surface area contributed by atoms with E-state index in [1.807, 2.05) is 20.8 Å². The lowest BCUT2D eigenvalue weighted by atomic mass is 9.93. The van der Waals surface area contributed by atoms with Gasteiger partial charge in [-0.15, -0.1) is 0 Å². The van der Waals surface area contributed by atoms with Crippen molar-refractivity contribution in [1.82, 2.24) is 0 Å². The molecule has 1 aliphatic heterocycles. The minimum atomic E-state index is -0.986. The zero-order valence-corrected chi connectivity index (χ0v) is 21.7. The van der Waals surface area contributed by atoms with Crippen molar-refractivity contribution in [2.75, 3.05) is 18.6 Å². The summed E-state index contributed by atoms with van der Waals surface area (Å²) >= 11 is 6.20. The summed E-state index contributed by atoms with van der Waals surface area (Å²) in [6.07, 6.45) is 0. The van der Waals surface area contributed by atoms with Crippen LogP contribution < -0.4 is 14.4 Å². The number of hydrogen-bond donors (Lipinski definition) is 2. The molecule has 0 aliphatic carbocycles. The summed E-state index contributed by atoms with van der Waals surface area (Å²) in [4.78, 5) is 28.1. The first-order valence-electron chi connectivity index (χ1n) is 11.9. The molecule has 3 aromatic rings. The molecule has 0 bridgehead atoms. The molecule has 8 heteroatoms. The maximum atomic E-state index is 13.4. The molecule has 1 fully saturated rings. The summed E-state index contributed by atoms with van der Waals surface area (Å²) in [7, 11) is 1.53. The second kappa shape index (κ2) is 10.6. The van der Waals surface area contributed by atoms with Crippen LogP contribution in [-0.4, -0.2) is 35.6 Å². The number of aliphatic hydroxyl groups excluding tert-OH is 1. The van der Waals surface area contributed by atoms with Crippen LogP contribution in [0.2, 0.25) is 5.02 Å². The summed E-state index contributed by atoms with van der Waals surface area (Å²) in [5.41, 5.74) is 2.05. The average molecular weight is 522 g/mol. The van der Waals surface area contributed by atoms with E-state index in [2.05, 4.69) is 0 Å². The number of ether oxygens (including phenoxy) is 2. The highest BCUT2D eigenvalue weighted by Gasteiger charge is 2.47. The molecule has 1 saturated heterocycles. The number of aromatic hydroxyl groups is 1. The summed E-state index contributed by atoms with van der Waals surface area (Å²) in [6, 6.07) is 15.3. The first kappa shape index (κ1) is 26.1. The van der Waals surface area contributed by atoms with Crippen molar-refractivity contribution in [3.63, 3.8) is 0 Å². The highest BCUT2D eigenvalue weighted by Crippen LogP contribution is 2.44. The standard InChI is InChI=1S/C29H28ClNO6/c1-5-37-24-13-7-18(14-21(24)16(2)3)27(33)25-26(17-6-12-23(32)22(30)15-17)31(29(35)28(25)34)19-8-10-20(36-4)11-9-19/h6-16,26,32-33H,5H2,1-4H3/b27-25-. The fourth-order valence-electron chi connectivity index (χ4n) is 4.44. The number of aliphatic hydroxyl groups is 1. The fourth-order valence-corrected chi connectivity index (χ4v) is 4.63. The van der Waals surface area contributed by atoms with Crippen LogP contribution in [0, 0.1) is 0 Å². The van der Waals surface area contributed by atoms with Crippen LogP contribution in [0.1, 0.15) is 49.4 Å². The molecule has 4 rings (SSSR count). The van der Waals surface area contributed by atoms with Gasteiger partial charge in [-0.2, -0.15) is 0 Å². The third-order valence-electron chi connectivity index (χ3n) is 6.29. The molecule has 0 aromatic heterocycles. The number of Topliss-reactive ketones (excluding diaryl/α,β-unsaturated/α-hetero) is 1. The molecule has 1 heterocycles. The van der Waals surface area contributed by atoms with Gasteiger partial charge in [0.15, 0.2) is 0 Å². The minimum absolute atomic E-state index is 0.0565. The lowest BCUT2D eigenvalue weighted by molar-refractivity contribution is -0.132. The van der Waals surface area contributed by atoms with E-state index in [1.165, 1.54) is 24.1 Å². The van der Waals surface area contributed by atoms with Crippen molar-refractivity contribution in [2.24, 2.45) is 0 Å². The molecule has 1 atom stereocenters. The predicted octanol–water partition coefficient (Wildman–Crippen LogP) is 6.20. The number of phenols is 1. The summed E-state index contributed by atoms with van der Waals surface area (Å²) < 4.78 is 10.9. The summed E-state index contributed by atoms with van der Waals surface area (Å²) in [6.45, 7) is 6.38. The van der Waals surface area contributed by atoms with E-state index in [9.17, 15) is 19.8 Å². The number of ketones is 1. The first-order chi connectivity index (χ1) is 17.7. The van der Waals surface area contributed by atoms with Crippen LogP contribution in [0.15, 0.2) is 66.2 Å². The van der Waals surface area contributed by atoms with Crippen molar-refractivity contribution in [2.45, 2.75) is 32.7 Å². The Labute approximate surface area is 220 Å². The molecule has 0 saturated carbocycles. The summed E-state index contributed by atoms with van der Waals surface area (Å²) in [5.74, 6) is -0.718. The predicted molar refractivity (Wildman–Crippen MR) is 143 cm³/mol. The number of anilines is 1. The van der Waals surface area contributed by atoms with E-state index in [-0.39, 0.29) is 28.0 Å². The van der Waals surface area contributed by atoms with Gasteiger partial charge < -0.3 is 19.7 Å². The van der Waals surface area contributed by atoms with Gasteiger partial charge in [0, 0.05) is 11.3 Å². The zero-order chi connectivity index (χ0) is 26.9. The number of nitrogens with zero attached hydrogens (tertiary/aromatic N) is 1. The van der Waals surface area contributed by atoms with Gasteiger partial charge in [-0.05, 0) is 78.6 Å². The number of hydrogen-bond acceptors (Lipinski definition) is 6. The number of amides is 1. The van der Waals surface area contributed by atoms with Crippen LogP contribution in [0.25, 0.3) is 5.76 Å². The zero-order valence-electron chi connectivity index (χ0n) is 21.0. The molecule has 7 nitrogen and oxygen atoms in total. The third kappa shape index (κ3) is 4.87. The molecule has 192 valence electrons. The highest BCUT2D eigenvalue weighted by atomic mass is 35.5. The van der Waals surface area contributed by atoms with Gasteiger partial charge in [0.25, 0.3) is 11.7 Å². The second-order valence-corrected chi connectivity index (χ2v) is 9.33. The average Bonchev–Trinajstić information content (AvgIpc) is 3.15. The molecule has 2 N–H and O–H groups in total. The molecular formula is C29H28ClNO6. The van der Waals surface area contributed by atoms with Gasteiger partial charge >= 0.3 is 0 Å². The number of carbonyl (C=O) groups excluding carboxylic acids is 2. The van der Waals surface area contributed by atoms with Gasteiger partial charge in [-0.1, -0.05) is 31.5 Å². The number of methoxy groups -OCH3 is 1.